The third kappa shape index (κ3) is 2.03. The molecule has 3 rings (SSSR count). The molecule has 1 fully saturated rings. The minimum atomic E-state index is -3.48. The first-order valence-corrected chi connectivity index (χ1v) is 8.09. The van der Waals surface area contributed by atoms with Crippen molar-refractivity contribution in [1.29, 1.82) is 0 Å². The minimum absolute atomic E-state index is 0.0196. The van der Waals surface area contributed by atoms with Crippen LogP contribution in [0.5, 0.6) is 0 Å². The molecule has 0 spiro atoms. The molecule has 5 nitrogen and oxygen atoms in total. The smallest absolute Gasteiger partial charge is 0.334 e. The Labute approximate surface area is 112 Å². The third-order valence-electron chi connectivity index (χ3n) is 4.30. The van der Waals surface area contributed by atoms with Crippen LogP contribution < -0.4 is 0 Å². The summed E-state index contributed by atoms with van der Waals surface area (Å²) in [6.07, 6.45) is 7.35. The number of carbonyl (C=O) groups excluding carboxylic acids is 1. The lowest BCUT2D eigenvalue weighted by Gasteiger charge is -2.18. The molecule has 19 heavy (non-hydrogen) atoms. The van der Waals surface area contributed by atoms with E-state index in [0.717, 1.165) is 6.26 Å². The average molecular weight is 284 g/mol. The quantitative estimate of drug-likeness (QED) is 0.437. The minimum Gasteiger partial charge on any atom is -0.466 e. The normalized spacial score (nSPS) is 39.3. The number of rotatable bonds is 3. The van der Waals surface area contributed by atoms with E-state index in [1.807, 2.05) is 12.2 Å². The first-order chi connectivity index (χ1) is 8.90. The fraction of sp³-hybridized carbons (Fsp3) is 0.615. The molecule has 3 aliphatic rings. The molecular weight excluding hydrogens is 268 g/mol. The third-order valence-corrected chi connectivity index (χ3v) is 4.90. The van der Waals surface area contributed by atoms with E-state index in [1.54, 1.807) is 0 Å². The molecule has 0 heterocycles. The van der Waals surface area contributed by atoms with Crippen molar-refractivity contribution in [2.75, 3.05) is 13.4 Å². The van der Waals surface area contributed by atoms with E-state index in [-0.39, 0.29) is 29.8 Å². The molecular formula is C13H16O5S. The summed E-state index contributed by atoms with van der Waals surface area (Å²) in [5, 5.41) is 0. The van der Waals surface area contributed by atoms with E-state index in [1.165, 1.54) is 7.11 Å². The molecule has 1 saturated carbocycles. The molecule has 0 radical (unpaired) electrons. The van der Waals surface area contributed by atoms with Crippen LogP contribution in [-0.4, -0.2) is 33.9 Å². The highest BCUT2D eigenvalue weighted by Gasteiger charge is 2.54. The van der Waals surface area contributed by atoms with Crippen molar-refractivity contribution in [3.63, 3.8) is 0 Å². The Bertz CT molecular complexity index is 574. The van der Waals surface area contributed by atoms with Crippen molar-refractivity contribution in [1.82, 2.24) is 0 Å². The van der Waals surface area contributed by atoms with E-state index in [0.29, 0.717) is 17.9 Å². The second kappa shape index (κ2) is 4.18. The lowest BCUT2D eigenvalue weighted by atomic mass is 9.88. The van der Waals surface area contributed by atoms with E-state index in [4.69, 9.17) is 8.92 Å². The van der Waals surface area contributed by atoms with Gasteiger partial charge in [0.2, 0.25) is 0 Å². The van der Waals surface area contributed by atoms with Crippen LogP contribution in [0.25, 0.3) is 0 Å². The highest BCUT2D eigenvalue weighted by Crippen LogP contribution is 2.55. The van der Waals surface area contributed by atoms with Crippen LogP contribution in [0.2, 0.25) is 0 Å². The van der Waals surface area contributed by atoms with Gasteiger partial charge in [-0.2, -0.15) is 8.42 Å². The second-order valence-electron chi connectivity index (χ2n) is 5.42. The highest BCUT2D eigenvalue weighted by atomic mass is 32.2. The topological polar surface area (TPSA) is 69.7 Å². The van der Waals surface area contributed by atoms with Gasteiger partial charge in [-0.15, -0.1) is 0 Å². The summed E-state index contributed by atoms with van der Waals surface area (Å²) in [4.78, 5) is 11.7. The van der Waals surface area contributed by atoms with Crippen LogP contribution in [0, 0.1) is 23.7 Å². The van der Waals surface area contributed by atoms with Crippen LogP contribution in [0.1, 0.15) is 6.42 Å². The van der Waals surface area contributed by atoms with Crippen LogP contribution >= 0.6 is 0 Å². The predicted molar refractivity (Wildman–Crippen MR) is 67.5 cm³/mol. The van der Waals surface area contributed by atoms with Crippen molar-refractivity contribution in [2.24, 2.45) is 23.7 Å². The molecule has 0 aromatic rings. The molecule has 0 aromatic carbocycles. The Kier molecular flexibility index (Phi) is 2.83. The van der Waals surface area contributed by atoms with Gasteiger partial charge >= 0.3 is 5.97 Å². The van der Waals surface area contributed by atoms with E-state index in [9.17, 15) is 13.2 Å². The van der Waals surface area contributed by atoms with E-state index < -0.39 is 10.1 Å². The Morgan fingerprint density at radius 2 is 2.11 bits per heavy atom. The number of hydrogen-bond donors (Lipinski definition) is 0. The number of hydrogen-bond acceptors (Lipinski definition) is 5. The molecule has 0 N–H and O–H groups in total. The van der Waals surface area contributed by atoms with E-state index in [2.05, 4.69) is 6.08 Å². The van der Waals surface area contributed by atoms with Gasteiger partial charge < -0.3 is 4.74 Å². The van der Waals surface area contributed by atoms with Gasteiger partial charge in [0, 0.05) is 17.4 Å². The van der Waals surface area contributed by atoms with Crippen LogP contribution in [-0.2, 0) is 23.8 Å². The Hall–Kier alpha value is -1.14. The maximum Gasteiger partial charge on any atom is 0.334 e. The molecule has 3 aliphatic carbocycles. The van der Waals surface area contributed by atoms with Crippen molar-refractivity contribution in [3.05, 3.63) is 23.8 Å². The SMILES string of the molecule is COC(=O)C1=C[C@H]2[C@@H]3[C@@H](C=C[C@@H]13)C[C@H]2OS(C)(=O)=O. The molecule has 6 heteroatoms. The highest BCUT2D eigenvalue weighted by molar-refractivity contribution is 7.86. The molecule has 0 bridgehead atoms. The number of carbonyl (C=O) groups is 1. The molecule has 5 atom stereocenters. The second-order valence-corrected chi connectivity index (χ2v) is 7.02. The Balaban J connectivity index is 1.90. The number of ether oxygens (including phenoxy) is 1. The van der Waals surface area contributed by atoms with Gasteiger partial charge in [0.15, 0.2) is 0 Å². The van der Waals surface area contributed by atoms with Crippen molar-refractivity contribution < 1.29 is 22.1 Å². The lowest BCUT2D eigenvalue weighted by Crippen LogP contribution is -2.22. The fourth-order valence-corrected chi connectivity index (χ4v) is 4.37. The number of esters is 1. The maximum absolute atomic E-state index is 11.7. The lowest BCUT2D eigenvalue weighted by molar-refractivity contribution is -0.136. The number of methoxy groups -OCH3 is 1. The molecule has 0 aliphatic heterocycles. The monoisotopic (exact) mass is 284 g/mol. The zero-order valence-electron chi connectivity index (χ0n) is 10.8. The first kappa shape index (κ1) is 12.9. The van der Waals surface area contributed by atoms with Gasteiger partial charge in [-0.1, -0.05) is 18.2 Å². The summed E-state index contributed by atoms with van der Waals surface area (Å²) in [5.41, 5.74) is 0.637. The van der Waals surface area contributed by atoms with Crippen LogP contribution in [0.3, 0.4) is 0 Å². The van der Waals surface area contributed by atoms with E-state index >= 15 is 0 Å². The van der Waals surface area contributed by atoms with Gasteiger partial charge in [-0.3, -0.25) is 4.18 Å². The average Bonchev–Trinajstić information content (AvgIpc) is 2.93. The number of allylic oxidation sites excluding steroid dienone is 2. The zero-order valence-corrected chi connectivity index (χ0v) is 11.6. The van der Waals surface area contributed by atoms with Crippen LogP contribution in [0.15, 0.2) is 23.8 Å². The summed E-state index contributed by atoms with van der Waals surface area (Å²) in [5.74, 6) is 0.244. The largest absolute Gasteiger partial charge is 0.466 e. The van der Waals surface area contributed by atoms with Crippen LogP contribution in [0.4, 0.5) is 0 Å². The first-order valence-electron chi connectivity index (χ1n) is 6.27. The van der Waals surface area contributed by atoms with Gasteiger partial charge in [-0.05, 0) is 18.3 Å². The molecule has 0 unspecified atom stereocenters. The van der Waals surface area contributed by atoms with Gasteiger partial charge in [0.25, 0.3) is 10.1 Å². The molecule has 104 valence electrons. The van der Waals surface area contributed by atoms with Crippen molar-refractivity contribution >= 4 is 16.1 Å². The summed E-state index contributed by atoms with van der Waals surface area (Å²) in [6.45, 7) is 0. The standard InChI is InChI=1S/C13H16O5S/c1-17-13(14)9-6-10-11(18-19(2,15)16)5-7-3-4-8(9)12(7)10/h3-4,6-8,10-12H,5H2,1-2H3/t7-,8-,10+,11+,12+/m0/s1. The Morgan fingerprint density at radius 3 is 2.74 bits per heavy atom. The summed E-state index contributed by atoms with van der Waals surface area (Å²) in [7, 11) is -2.12. The molecule has 0 aromatic heterocycles. The Morgan fingerprint density at radius 1 is 1.37 bits per heavy atom. The zero-order chi connectivity index (χ0) is 13.8. The molecule has 0 amide bonds. The summed E-state index contributed by atoms with van der Waals surface area (Å²) in [6, 6.07) is 0. The maximum atomic E-state index is 11.7. The van der Waals surface area contributed by atoms with Crippen molar-refractivity contribution in [2.45, 2.75) is 12.5 Å². The molecule has 0 saturated heterocycles. The van der Waals surface area contributed by atoms with Gasteiger partial charge in [0.1, 0.15) is 0 Å². The van der Waals surface area contributed by atoms with Gasteiger partial charge in [0.05, 0.1) is 19.5 Å². The summed E-state index contributed by atoms with van der Waals surface area (Å²) < 4.78 is 32.6. The van der Waals surface area contributed by atoms with Crippen molar-refractivity contribution in [3.8, 4) is 0 Å². The fourth-order valence-electron chi connectivity index (χ4n) is 3.72. The summed E-state index contributed by atoms with van der Waals surface area (Å²) >= 11 is 0. The predicted octanol–water partition coefficient (Wildman–Crippen LogP) is 0.882. The van der Waals surface area contributed by atoms with Gasteiger partial charge in [-0.25, -0.2) is 4.79 Å².